The van der Waals surface area contributed by atoms with Crippen molar-refractivity contribution in [2.45, 2.75) is 38.1 Å². The summed E-state index contributed by atoms with van der Waals surface area (Å²) >= 11 is 0. The number of ether oxygens (including phenoxy) is 1. The van der Waals surface area contributed by atoms with Crippen molar-refractivity contribution in [1.29, 1.82) is 0 Å². The number of benzene rings is 2. The number of aryl methyl sites for hydroxylation is 1. The van der Waals surface area contributed by atoms with Crippen LogP contribution in [0.4, 0.5) is 5.69 Å². The topological polar surface area (TPSA) is 64.3 Å². The first-order valence-corrected chi connectivity index (χ1v) is 15.1. The van der Waals surface area contributed by atoms with Gasteiger partial charge in [0.1, 0.15) is 0 Å². The monoisotopic (exact) mass is 545 g/mol. The van der Waals surface area contributed by atoms with Gasteiger partial charge in [0.15, 0.2) is 0 Å². The number of nitrogens with zero attached hydrogens (tertiary/aromatic N) is 4. The number of rotatable bonds is 9. The van der Waals surface area contributed by atoms with Crippen molar-refractivity contribution in [2.24, 2.45) is 0 Å². The van der Waals surface area contributed by atoms with Crippen molar-refractivity contribution in [2.75, 3.05) is 77.0 Å². The minimum Gasteiger partial charge on any atom is -0.379 e. The van der Waals surface area contributed by atoms with Crippen LogP contribution >= 0.6 is 0 Å². The maximum absolute atomic E-state index is 13.0. The van der Waals surface area contributed by atoms with Crippen LogP contribution in [0.5, 0.6) is 0 Å². The lowest BCUT2D eigenvalue weighted by Gasteiger charge is -2.39. The van der Waals surface area contributed by atoms with Crippen LogP contribution in [0.1, 0.15) is 41.6 Å². The smallest absolute Gasteiger partial charge is 0.357 e. The number of hydrogen-bond acceptors (Lipinski definition) is 7. The number of anilines is 1. The summed E-state index contributed by atoms with van der Waals surface area (Å²) in [5, 5.41) is 2.98. The summed E-state index contributed by atoms with van der Waals surface area (Å²) in [5.41, 5.74) is 4.32. The van der Waals surface area contributed by atoms with Gasteiger partial charge in [0, 0.05) is 81.2 Å². The minimum atomic E-state index is -0.256. The molecule has 0 amide bonds. The zero-order valence-electron chi connectivity index (χ0n) is 23.6. The Morgan fingerprint density at radius 2 is 1.68 bits per heavy atom. The number of unbranched alkanes of at least 4 members (excludes halogenated alkanes) is 1. The fourth-order valence-corrected chi connectivity index (χ4v) is 6.44. The lowest BCUT2D eigenvalue weighted by atomic mass is 10.0. The average Bonchev–Trinajstić information content (AvgIpc) is 3.43. The second-order valence-electron chi connectivity index (χ2n) is 11.4. The fourth-order valence-electron chi connectivity index (χ4n) is 6.44. The van der Waals surface area contributed by atoms with E-state index in [1.54, 1.807) is 0 Å². The standard InChI is InChI=1S/C32H43N5O3/c38-32(40-37-14-11-29(12-15-37)36-20-22-39-23-21-36)26-9-10-31-30(24-26)27(25-33-31)6-4-5-13-34-16-18-35(19-17-34)28-7-2-1-3-8-28/h1-3,7-10,24-25,29,33H,4-6,11-23H2. The van der Waals surface area contributed by atoms with E-state index in [0.29, 0.717) is 11.6 Å². The van der Waals surface area contributed by atoms with Crippen LogP contribution in [-0.2, 0) is 16.0 Å². The highest BCUT2D eigenvalue weighted by molar-refractivity contribution is 5.95. The molecule has 214 valence electrons. The number of H-pyrrole nitrogens is 1. The third-order valence-corrected chi connectivity index (χ3v) is 8.86. The predicted octanol–water partition coefficient (Wildman–Crippen LogP) is 4.18. The molecule has 0 radical (unpaired) electrons. The number of hydroxylamine groups is 2. The van der Waals surface area contributed by atoms with Gasteiger partial charge in [-0.25, -0.2) is 4.79 Å². The van der Waals surface area contributed by atoms with Crippen LogP contribution in [0.25, 0.3) is 10.9 Å². The predicted molar refractivity (Wildman–Crippen MR) is 159 cm³/mol. The van der Waals surface area contributed by atoms with Gasteiger partial charge in [0.2, 0.25) is 0 Å². The van der Waals surface area contributed by atoms with Gasteiger partial charge in [-0.15, -0.1) is 5.06 Å². The van der Waals surface area contributed by atoms with Gasteiger partial charge in [0.25, 0.3) is 0 Å². The Hall–Kier alpha value is -2.91. The summed E-state index contributed by atoms with van der Waals surface area (Å²) in [6.07, 6.45) is 7.49. The van der Waals surface area contributed by atoms with Crippen molar-refractivity contribution in [3.05, 3.63) is 65.9 Å². The van der Waals surface area contributed by atoms with Gasteiger partial charge >= 0.3 is 5.97 Å². The van der Waals surface area contributed by atoms with Gasteiger partial charge in [-0.05, 0) is 74.5 Å². The molecule has 3 aromatic rings. The number of morpholine rings is 1. The molecule has 0 saturated carbocycles. The van der Waals surface area contributed by atoms with Gasteiger partial charge in [-0.2, -0.15) is 0 Å². The fraction of sp³-hybridized carbons (Fsp3) is 0.531. The van der Waals surface area contributed by atoms with Crippen LogP contribution in [0.15, 0.2) is 54.7 Å². The number of carbonyl (C=O) groups excluding carboxylic acids is 1. The Morgan fingerprint density at radius 1 is 0.900 bits per heavy atom. The number of nitrogens with one attached hydrogen (secondary N) is 1. The van der Waals surface area contributed by atoms with E-state index >= 15 is 0 Å². The van der Waals surface area contributed by atoms with Crippen molar-refractivity contribution in [3.63, 3.8) is 0 Å². The van der Waals surface area contributed by atoms with Crippen molar-refractivity contribution >= 4 is 22.6 Å². The molecule has 0 aliphatic carbocycles. The Balaban J connectivity index is 0.949. The number of hydrogen-bond donors (Lipinski definition) is 1. The highest BCUT2D eigenvalue weighted by Crippen LogP contribution is 2.24. The third kappa shape index (κ3) is 6.69. The van der Waals surface area contributed by atoms with Crippen molar-refractivity contribution < 1.29 is 14.4 Å². The lowest BCUT2D eigenvalue weighted by Crippen LogP contribution is -2.49. The second kappa shape index (κ2) is 13.2. The molecule has 2 aromatic carbocycles. The van der Waals surface area contributed by atoms with Gasteiger partial charge in [0.05, 0.1) is 18.8 Å². The van der Waals surface area contributed by atoms with Crippen LogP contribution < -0.4 is 4.90 Å². The highest BCUT2D eigenvalue weighted by atomic mass is 16.7. The van der Waals surface area contributed by atoms with Crippen LogP contribution in [0, 0.1) is 0 Å². The molecule has 40 heavy (non-hydrogen) atoms. The summed E-state index contributed by atoms with van der Waals surface area (Å²) in [5.74, 6) is -0.256. The molecule has 8 nitrogen and oxygen atoms in total. The SMILES string of the molecule is O=C(ON1CCC(N2CCOCC2)CC1)c1ccc2[nH]cc(CCCCN3CCN(c4ccccc4)CC3)c2c1. The van der Waals surface area contributed by atoms with Gasteiger partial charge in [-0.3, -0.25) is 9.80 Å². The molecule has 4 heterocycles. The van der Waals surface area contributed by atoms with E-state index < -0.39 is 0 Å². The first kappa shape index (κ1) is 27.3. The summed E-state index contributed by atoms with van der Waals surface area (Å²) in [4.78, 5) is 29.8. The van der Waals surface area contributed by atoms with Crippen LogP contribution in [0.3, 0.4) is 0 Å². The number of carbonyl (C=O) groups is 1. The Labute approximate surface area is 237 Å². The molecular formula is C32H43N5O3. The first-order chi connectivity index (χ1) is 19.7. The lowest BCUT2D eigenvalue weighted by molar-refractivity contribution is -0.131. The molecule has 1 N–H and O–H groups in total. The maximum atomic E-state index is 13.0. The zero-order chi connectivity index (χ0) is 27.1. The summed E-state index contributed by atoms with van der Waals surface area (Å²) in [6, 6.07) is 17.2. The quantitative estimate of drug-likeness (QED) is 0.405. The van der Waals surface area contributed by atoms with E-state index in [-0.39, 0.29) is 5.97 Å². The van der Waals surface area contributed by atoms with E-state index in [1.807, 2.05) is 23.3 Å². The molecule has 0 atom stereocenters. The number of fused-ring (bicyclic) bond motifs is 1. The Morgan fingerprint density at radius 3 is 2.45 bits per heavy atom. The number of aromatic amines is 1. The normalized spacial score (nSPS) is 20.2. The highest BCUT2D eigenvalue weighted by Gasteiger charge is 2.28. The van der Waals surface area contributed by atoms with Crippen molar-refractivity contribution in [1.82, 2.24) is 19.8 Å². The molecule has 3 aliphatic rings. The third-order valence-electron chi connectivity index (χ3n) is 8.86. The van der Waals surface area contributed by atoms with Crippen molar-refractivity contribution in [3.8, 4) is 0 Å². The van der Waals surface area contributed by atoms with E-state index in [9.17, 15) is 4.79 Å². The molecule has 0 unspecified atom stereocenters. The molecule has 8 heteroatoms. The zero-order valence-corrected chi connectivity index (χ0v) is 23.6. The number of piperidine rings is 1. The Bertz CT molecular complexity index is 1230. The molecule has 3 saturated heterocycles. The van der Waals surface area contributed by atoms with Gasteiger partial charge < -0.3 is 19.5 Å². The number of aromatic nitrogens is 1. The largest absolute Gasteiger partial charge is 0.379 e. The summed E-state index contributed by atoms with van der Waals surface area (Å²) in [7, 11) is 0. The molecular weight excluding hydrogens is 502 g/mol. The minimum absolute atomic E-state index is 0.256. The van der Waals surface area contributed by atoms with E-state index in [2.05, 4.69) is 56.2 Å². The molecule has 1 aromatic heterocycles. The van der Waals surface area contributed by atoms with Crippen LogP contribution in [0.2, 0.25) is 0 Å². The average molecular weight is 546 g/mol. The van der Waals surface area contributed by atoms with E-state index in [4.69, 9.17) is 9.57 Å². The number of para-hydroxylation sites is 1. The van der Waals surface area contributed by atoms with E-state index in [1.165, 1.54) is 17.7 Å². The molecule has 0 bridgehead atoms. The van der Waals surface area contributed by atoms with E-state index in [0.717, 1.165) is 109 Å². The molecule has 3 aliphatic heterocycles. The summed E-state index contributed by atoms with van der Waals surface area (Å²) < 4.78 is 5.49. The summed E-state index contributed by atoms with van der Waals surface area (Å²) in [6.45, 7) is 10.8. The Kier molecular flexibility index (Phi) is 8.98. The van der Waals surface area contributed by atoms with Gasteiger partial charge in [-0.1, -0.05) is 18.2 Å². The maximum Gasteiger partial charge on any atom is 0.357 e. The van der Waals surface area contributed by atoms with Crippen LogP contribution in [-0.4, -0.2) is 104 Å². The molecule has 0 spiro atoms. The molecule has 3 fully saturated rings. The number of piperazine rings is 1. The first-order valence-electron chi connectivity index (χ1n) is 15.1. The second-order valence-corrected chi connectivity index (χ2v) is 11.4. The molecule has 6 rings (SSSR count).